The molecule has 0 saturated carbocycles. The first-order valence-electron chi connectivity index (χ1n) is 9.45. The maximum atomic E-state index is 12.8. The number of benzene rings is 1. The number of hydrogen-bond acceptors (Lipinski definition) is 6. The summed E-state index contributed by atoms with van der Waals surface area (Å²) in [7, 11) is -1.89. The maximum Gasteiger partial charge on any atom is 0.244 e. The number of thiazole rings is 1. The van der Waals surface area contributed by atoms with Crippen LogP contribution < -0.4 is 10.1 Å². The molecule has 1 aromatic heterocycles. The van der Waals surface area contributed by atoms with E-state index in [2.05, 4.69) is 10.3 Å². The molecule has 1 fully saturated rings. The molecule has 1 unspecified atom stereocenters. The molecule has 0 aliphatic carbocycles. The predicted molar refractivity (Wildman–Crippen MR) is 116 cm³/mol. The molecule has 158 valence electrons. The SMILES string of the molecule is CCCS(=O)(=O)N1CCCCC1C(=O)Nc1nc(-c2ccc(OC)c(Cl)c2)cs1. The molecule has 0 spiro atoms. The molecular weight excluding hydrogens is 434 g/mol. The molecule has 2 aromatic rings. The molecule has 7 nitrogen and oxygen atoms in total. The van der Waals surface area contributed by atoms with Crippen LogP contribution in [0.4, 0.5) is 5.13 Å². The minimum atomic E-state index is -3.44. The van der Waals surface area contributed by atoms with E-state index >= 15 is 0 Å². The van der Waals surface area contributed by atoms with E-state index in [1.165, 1.54) is 15.6 Å². The molecule has 1 saturated heterocycles. The number of amides is 1. The lowest BCUT2D eigenvalue weighted by atomic mass is 10.0. The highest BCUT2D eigenvalue weighted by Gasteiger charge is 2.36. The Morgan fingerprint density at radius 3 is 2.90 bits per heavy atom. The first kappa shape index (κ1) is 22.0. The van der Waals surface area contributed by atoms with E-state index < -0.39 is 16.1 Å². The van der Waals surface area contributed by atoms with Gasteiger partial charge in [-0.25, -0.2) is 13.4 Å². The molecule has 0 radical (unpaired) electrons. The van der Waals surface area contributed by atoms with Gasteiger partial charge in [-0.15, -0.1) is 11.3 Å². The third-order valence-corrected chi connectivity index (χ3v) is 7.89. The zero-order valence-corrected chi connectivity index (χ0v) is 18.7. The molecule has 1 aliphatic rings. The van der Waals surface area contributed by atoms with Gasteiger partial charge in [0.25, 0.3) is 0 Å². The lowest BCUT2D eigenvalue weighted by molar-refractivity contribution is -0.120. The van der Waals surface area contributed by atoms with Crippen LogP contribution in [0.15, 0.2) is 23.6 Å². The van der Waals surface area contributed by atoms with Gasteiger partial charge in [0.2, 0.25) is 15.9 Å². The van der Waals surface area contributed by atoms with E-state index in [0.29, 0.717) is 41.0 Å². The fourth-order valence-corrected chi connectivity index (χ4v) is 6.08. The van der Waals surface area contributed by atoms with Gasteiger partial charge in [-0.3, -0.25) is 4.79 Å². The lowest BCUT2D eigenvalue weighted by Crippen LogP contribution is -2.50. The summed E-state index contributed by atoms with van der Waals surface area (Å²) in [5.74, 6) is 0.291. The zero-order chi connectivity index (χ0) is 21.0. The van der Waals surface area contributed by atoms with Gasteiger partial charge in [-0.1, -0.05) is 24.9 Å². The van der Waals surface area contributed by atoms with Crippen LogP contribution in [0.1, 0.15) is 32.6 Å². The highest BCUT2D eigenvalue weighted by molar-refractivity contribution is 7.89. The van der Waals surface area contributed by atoms with Crippen molar-refractivity contribution in [1.82, 2.24) is 9.29 Å². The van der Waals surface area contributed by atoms with Crippen molar-refractivity contribution in [3.8, 4) is 17.0 Å². The van der Waals surface area contributed by atoms with Gasteiger partial charge in [-0.2, -0.15) is 4.31 Å². The second kappa shape index (κ2) is 9.42. The summed E-state index contributed by atoms with van der Waals surface area (Å²) >= 11 is 7.46. The Labute approximate surface area is 180 Å². The second-order valence-electron chi connectivity index (χ2n) is 6.81. The van der Waals surface area contributed by atoms with Crippen LogP contribution in [0, 0.1) is 0 Å². The minimum Gasteiger partial charge on any atom is -0.495 e. The van der Waals surface area contributed by atoms with E-state index in [0.717, 1.165) is 18.4 Å². The number of nitrogens with one attached hydrogen (secondary N) is 1. The Bertz CT molecular complexity index is 978. The number of carbonyl (C=O) groups excluding carboxylic acids is 1. The lowest BCUT2D eigenvalue weighted by Gasteiger charge is -2.33. The quantitative estimate of drug-likeness (QED) is 0.678. The van der Waals surface area contributed by atoms with E-state index in [1.807, 2.05) is 18.4 Å². The number of rotatable bonds is 7. The van der Waals surface area contributed by atoms with E-state index in [1.54, 1.807) is 19.2 Å². The average Bonchev–Trinajstić information content (AvgIpc) is 3.16. The number of methoxy groups -OCH3 is 1. The first-order valence-corrected chi connectivity index (χ1v) is 12.3. The Morgan fingerprint density at radius 2 is 2.21 bits per heavy atom. The summed E-state index contributed by atoms with van der Waals surface area (Å²) in [6, 6.07) is 4.66. The number of aromatic nitrogens is 1. The summed E-state index contributed by atoms with van der Waals surface area (Å²) in [6.07, 6.45) is 2.63. The molecule has 10 heteroatoms. The molecule has 2 heterocycles. The molecule has 1 amide bonds. The molecule has 1 N–H and O–H groups in total. The van der Waals surface area contributed by atoms with Crippen LogP contribution in [-0.2, 0) is 14.8 Å². The van der Waals surface area contributed by atoms with Gasteiger partial charge in [0.05, 0.1) is 23.6 Å². The molecule has 0 bridgehead atoms. The number of sulfonamides is 1. The van der Waals surface area contributed by atoms with Gasteiger partial charge < -0.3 is 10.1 Å². The second-order valence-corrected chi connectivity index (χ2v) is 10.1. The smallest absolute Gasteiger partial charge is 0.244 e. The zero-order valence-electron chi connectivity index (χ0n) is 16.4. The predicted octanol–water partition coefficient (Wildman–Crippen LogP) is 4.00. The van der Waals surface area contributed by atoms with Crippen LogP contribution in [0.5, 0.6) is 5.75 Å². The van der Waals surface area contributed by atoms with Crippen molar-refractivity contribution < 1.29 is 17.9 Å². The number of anilines is 1. The highest BCUT2D eigenvalue weighted by Crippen LogP contribution is 2.32. The summed E-state index contributed by atoms with van der Waals surface area (Å²) in [6.45, 7) is 2.20. The largest absolute Gasteiger partial charge is 0.495 e. The topological polar surface area (TPSA) is 88.6 Å². The van der Waals surface area contributed by atoms with Crippen molar-refractivity contribution in [2.45, 2.75) is 38.6 Å². The summed E-state index contributed by atoms with van der Waals surface area (Å²) < 4.78 is 31.6. The number of piperidine rings is 1. The van der Waals surface area contributed by atoms with Crippen molar-refractivity contribution >= 4 is 44.0 Å². The number of hydrogen-bond donors (Lipinski definition) is 1. The van der Waals surface area contributed by atoms with Crippen LogP contribution in [-0.4, -0.2) is 49.1 Å². The maximum absolute atomic E-state index is 12.8. The van der Waals surface area contributed by atoms with Gasteiger partial charge >= 0.3 is 0 Å². The van der Waals surface area contributed by atoms with Gasteiger partial charge in [-0.05, 0) is 37.5 Å². The van der Waals surface area contributed by atoms with E-state index in [-0.39, 0.29) is 11.7 Å². The number of carbonyl (C=O) groups is 1. The fraction of sp³-hybridized carbons (Fsp3) is 0.474. The number of nitrogens with zero attached hydrogens (tertiary/aromatic N) is 2. The van der Waals surface area contributed by atoms with Crippen LogP contribution in [0.2, 0.25) is 5.02 Å². The third kappa shape index (κ3) is 5.09. The molecule has 1 aliphatic heterocycles. The highest BCUT2D eigenvalue weighted by atomic mass is 35.5. The van der Waals surface area contributed by atoms with Gasteiger partial charge in [0, 0.05) is 17.5 Å². The van der Waals surface area contributed by atoms with Crippen molar-refractivity contribution in [2.24, 2.45) is 0 Å². The van der Waals surface area contributed by atoms with Crippen LogP contribution >= 0.6 is 22.9 Å². The molecule has 1 aromatic carbocycles. The van der Waals surface area contributed by atoms with Gasteiger partial charge in [0.15, 0.2) is 5.13 Å². The molecule has 29 heavy (non-hydrogen) atoms. The Balaban J connectivity index is 1.74. The molecular formula is C19H24ClN3O4S2. The van der Waals surface area contributed by atoms with Crippen molar-refractivity contribution in [3.63, 3.8) is 0 Å². The van der Waals surface area contributed by atoms with E-state index in [4.69, 9.17) is 16.3 Å². The van der Waals surface area contributed by atoms with Crippen LogP contribution in [0.25, 0.3) is 11.3 Å². The summed E-state index contributed by atoms with van der Waals surface area (Å²) in [5, 5.41) is 5.51. The molecule has 1 atom stereocenters. The first-order chi connectivity index (χ1) is 13.9. The minimum absolute atomic E-state index is 0.0520. The summed E-state index contributed by atoms with van der Waals surface area (Å²) in [4.78, 5) is 17.3. The van der Waals surface area contributed by atoms with Gasteiger partial charge in [0.1, 0.15) is 11.8 Å². The van der Waals surface area contributed by atoms with Crippen molar-refractivity contribution in [1.29, 1.82) is 0 Å². The average molecular weight is 458 g/mol. The van der Waals surface area contributed by atoms with E-state index in [9.17, 15) is 13.2 Å². The van der Waals surface area contributed by atoms with Crippen molar-refractivity contribution in [3.05, 3.63) is 28.6 Å². The normalized spacial score (nSPS) is 17.8. The molecule has 3 rings (SSSR count). The number of ether oxygens (including phenoxy) is 1. The summed E-state index contributed by atoms with van der Waals surface area (Å²) in [5.41, 5.74) is 1.48. The van der Waals surface area contributed by atoms with Crippen molar-refractivity contribution in [2.75, 3.05) is 24.7 Å². The number of halogens is 1. The third-order valence-electron chi connectivity index (χ3n) is 4.76. The van der Waals surface area contributed by atoms with Crippen LogP contribution in [0.3, 0.4) is 0 Å². The Hall–Kier alpha value is -1.68. The Kier molecular flexibility index (Phi) is 7.15. The Morgan fingerprint density at radius 1 is 1.41 bits per heavy atom. The fourth-order valence-electron chi connectivity index (χ4n) is 3.35. The monoisotopic (exact) mass is 457 g/mol. The standard InChI is InChI=1S/C19H24ClN3O4S2/c1-3-10-29(25,26)23-9-5-4-6-16(23)18(24)22-19-21-15(12-28-19)13-7-8-17(27-2)14(20)11-13/h7-8,11-12,16H,3-6,9-10H2,1-2H3,(H,21,22,24).